The van der Waals surface area contributed by atoms with Crippen LogP contribution in [0.15, 0.2) is 34.7 Å². The lowest BCUT2D eigenvalue weighted by Gasteiger charge is -2.08. The predicted molar refractivity (Wildman–Crippen MR) is 85.2 cm³/mol. The smallest absolute Gasteiger partial charge is 0.374 e. The molecule has 0 unspecified atom stereocenters. The lowest BCUT2D eigenvalue weighted by molar-refractivity contribution is 0.0483. The van der Waals surface area contributed by atoms with Gasteiger partial charge < -0.3 is 18.6 Å². The second-order valence-electron chi connectivity index (χ2n) is 4.07. The van der Waals surface area contributed by atoms with E-state index in [-0.39, 0.29) is 29.6 Å². The molecule has 116 valence electrons. The first kappa shape index (κ1) is 16.3. The van der Waals surface area contributed by atoms with E-state index in [4.69, 9.17) is 18.6 Å². The lowest BCUT2D eigenvalue weighted by Crippen LogP contribution is -2.04. The third-order valence-electron chi connectivity index (χ3n) is 2.62. The highest BCUT2D eigenvalue weighted by Crippen LogP contribution is 2.29. The zero-order valence-electron chi connectivity index (χ0n) is 11.9. The van der Waals surface area contributed by atoms with Gasteiger partial charge in [0, 0.05) is 9.64 Å². The second kappa shape index (κ2) is 7.30. The number of carbonyl (C=O) groups is 2. The van der Waals surface area contributed by atoms with E-state index in [1.54, 1.807) is 25.1 Å². The lowest BCUT2D eigenvalue weighted by atomic mass is 10.2. The van der Waals surface area contributed by atoms with Gasteiger partial charge in [-0.1, -0.05) is 0 Å². The highest BCUT2D eigenvalue weighted by molar-refractivity contribution is 14.1. The van der Waals surface area contributed by atoms with Crippen LogP contribution in [0.3, 0.4) is 0 Å². The molecule has 0 N–H and O–H groups in total. The van der Waals surface area contributed by atoms with E-state index in [1.165, 1.54) is 19.2 Å². The number of carbonyl (C=O) groups excluding carboxylic acids is 2. The van der Waals surface area contributed by atoms with Gasteiger partial charge in [0.25, 0.3) is 5.95 Å². The van der Waals surface area contributed by atoms with Gasteiger partial charge in [0.2, 0.25) is 5.76 Å². The van der Waals surface area contributed by atoms with Crippen molar-refractivity contribution in [3.8, 4) is 11.7 Å². The highest BCUT2D eigenvalue weighted by atomic mass is 127. The number of hydrogen-bond donors (Lipinski definition) is 0. The third kappa shape index (κ3) is 3.79. The highest BCUT2D eigenvalue weighted by Gasteiger charge is 2.17. The van der Waals surface area contributed by atoms with Crippen LogP contribution >= 0.6 is 22.6 Å². The predicted octanol–water partition coefficient (Wildman–Crippen LogP) is 3.64. The Labute approximate surface area is 140 Å². The van der Waals surface area contributed by atoms with E-state index in [9.17, 15) is 9.59 Å². The quantitative estimate of drug-likeness (QED) is 0.548. The normalized spacial score (nSPS) is 10.1. The molecule has 0 atom stereocenters. The maximum absolute atomic E-state index is 11.8. The van der Waals surface area contributed by atoms with Crippen LogP contribution < -0.4 is 4.74 Å². The van der Waals surface area contributed by atoms with Crippen LogP contribution in [0.2, 0.25) is 0 Å². The number of benzene rings is 1. The van der Waals surface area contributed by atoms with E-state index in [2.05, 4.69) is 22.6 Å². The van der Waals surface area contributed by atoms with Crippen LogP contribution in [-0.4, -0.2) is 25.7 Å². The van der Waals surface area contributed by atoms with Gasteiger partial charge in [-0.3, -0.25) is 0 Å². The maximum Gasteiger partial charge on any atom is 0.374 e. The number of ether oxygens (including phenoxy) is 3. The van der Waals surface area contributed by atoms with Gasteiger partial charge in [-0.15, -0.1) is 0 Å². The molecule has 0 saturated carbocycles. The van der Waals surface area contributed by atoms with Gasteiger partial charge in [-0.2, -0.15) is 0 Å². The van der Waals surface area contributed by atoms with Crippen molar-refractivity contribution in [1.82, 2.24) is 0 Å². The van der Waals surface area contributed by atoms with Crippen LogP contribution in [0.1, 0.15) is 27.8 Å². The molecule has 0 aliphatic rings. The first-order valence-corrected chi connectivity index (χ1v) is 7.45. The number of halogens is 1. The molecule has 0 aliphatic heterocycles. The average molecular weight is 416 g/mol. The summed E-state index contributed by atoms with van der Waals surface area (Å²) >= 11 is 2.08. The Morgan fingerprint density at radius 2 is 1.95 bits per heavy atom. The van der Waals surface area contributed by atoms with E-state index in [1.807, 2.05) is 0 Å². The molecule has 1 aromatic carbocycles. The molecule has 0 spiro atoms. The molecule has 2 rings (SSSR count). The first-order chi connectivity index (χ1) is 10.5. The molecule has 0 fully saturated rings. The molecule has 7 heteroatoms. The topological polar surface area (TPSA) is 75.0 Å². The fourth-order valence-corrected chi connectivity index (χ4v) is 2.15. The minimum atomic E-state index is -0.576. The first-order valence-electron chi connectivity index (χ1n) is 6.37. The van der Waals surface area contributed by atoms with Crippen LogP contribution in [0.5, 0.6) is 11.7 Å². The third-order valence-corrected chi connectivity index (χ3v) is 3.29. The summed E-state index contributed by atoms with van der Waals surface area (Å²) in [7, 11) is 1.29. The van der Waals surface area contributed by atoms with Crippen molar-refractivity contribution >= 4 is 34.5 Å². The van der Waals surface area contributed by atoms with Crippen LogP contribution in [0, 0.1) is 3.57 Å². The summed E-state index contributed by atoms with van der Waals surface area (Å²) in [5.74, 6) is -0.716. The summed E-state index contributed by atoms with van der Waals surface area (Å²) in [6.45, 7) is 1.95. The Kier molecular flexibility index (Phi) is 5.42. The van der Waals surface area contributed by atoms with Crippen molar-refractivity contribution in [3.63, 3.8) is 0 Å². The van der Waals surface area contributed by atoms with Gasteiger partial charge in [-0.05, 0) is 53.8 Å². The number of furan rings is 1. The molecule has 0 saturated heterocycles. The summed E-state index contributed by atoms with van der Waals surface area (Å²) in [5, 5.41) is 0. The Morgan fingerprint density at radius 3 is 2.64 bits per heavy atom. The fourth-order valence-electron chi connectivity index (χ4n) is 1.66. The standard InChI is InChI=1S/C15H13IO6/c1-3-20-15(18)12-6-7-13(22-12)21-11-5-4-9(16)8-10(11)14(17)19-2/h4-8H,3H2,1-2H3. The zero-order chi connectivity index (χ0) is 16.1. The van der Waals surface area contributed by atoms with Crippen molar-refractivity contribution < 1.29 is 28.2 Å². The van der Waals surface area contributed by atoms with Gasteiger partial charge in [0.05, 0.1) is 13.7 Å². The Hall–Kier alpha value is -2.03. The molecule has 0 radical (unpaired) electrons. The largest absolute Gasteiger partial charge is 0.465 e. The van der Waals surface area contributed by atoms with Crippen molar-refractivity contribution in [1.29, 1.82) is 0 Å². The van der Waals surface area contributed by atoms with Crippen molar-refractivity contribution in [2.45, 2.75) is 6.92 Å². The second-order valence-corrected chi connectivity index (χ2v) is 5.32. The van der Waals surface area contributed by atoms with Crippen molar-refractivity contribution in [2.75, 3.05) is 13.7 Å². The molecular weight excluding hydrogens is 403 g/mol. The summed E-state index contributed by atoms with van der Waals surface area (Å²) in [6.07, 6.45) is 0. The molecular formula is C15H13IO6. The van der Waals surface area contributed by atoms with Gasteiger partial charge in [-0.25, -0.2) is 9.59 Å². The Balaban J connectivity index is 2.24. The fraction of sp³-hybridized carbons (Fsp3) is 0.200. The summed E-state index contributed by atoms with van der Waals surface area (Å²) in [6, 6.07) is 7.96. The average Bonchev–Trinajstić information content (AvgIpc) is 2.97. The number of esters is 2. The number of rotatable bonds is 5. The molecule has 22 heavy (non-hydrogen) atoms. The molecule has 6 nitrogen and oxygen atoms in total. The molecule has 0 aliphatic carbocycles. The minimum absolute atomic E-state index is 0.0296. The monoisotopic (exact) mass is 416 g/mol. The number of hydrogen-bond acceptors (Lipinski definition) is 6. The van der Waals surface area contributed by atoms with E-state index >= 15 is 0 Å². The van der Waals surface area contributed by atoms with Crippen molar-refractivity contribution in [3.05, 3.63) is 45.2 Å². The Bertz CT molecular complexity index is 691. The maximum atomic E-state index is 11.8. The molecule has 2 aromatic rings. The summed E-state index contributed by atoms with van der Waals surface area (Å²) in [5.41, 5.74) is 0.267. The minimum Gasteiger partial charge on any atom is -0.465 e. The van der Waals surface area contributed by atoms with E-state index in [0.717, 1.165) is 3.57 Å². The number of methoxy groups -OCH3 is 1. The van der Waals surface area contributed by atoms with Gasteiger partial charge in [0.1, 0.15) is 11.3 Å². The van der Waals surface area contributed by atoms with Gasteiger partial charge >= 0.3 is 11.9 Å². The van der Waals surface area contributed by atoms with E-state index < -0.39 is 11.9 Å². The zero-order valence-corrected chi connectivity index (χ0v) is 14.1. The summed E-state index contributed by atoms with van der Waals surface area (Å²) in [4.78, 5) is 23.3. The van der Waals surface area contributed by atoms with Crippen LogP contribution in [0.4, 0.5) is 0 Å². The molecule has 0 amide bonds. The SMILES string of the molecule is CCOC(=O)c1ccc(Oc2ccc(I)cc2C(=O)OC)o1. The Morgan fingerprint density at radius 1 is 1.18 bits per heavy atom. The summed E-state index contributed by atoms with van der Waals surface area (Å²) < 4.78 is 21.2. The van der Waals surface area contributed by atoms with Crippen LogP contribution in [0.25, 0.3) is 0 Å². The molecule has 1 heterocycles. The molecule has 0 bridgehead atoms. The van der Waals surface area contributed by atoms with Crippen molar-refractivity contribution in [2.24, 2.45) is 0 Å². The van der Waals surface area contributed by atoms with Crippen LogP contribution in [-0.2, 0) is 9.47 Å². The molecule has 1 aromatic heterocycles. The van der Waals surface area contributed by atoms with Gasteiger partial charge in [0.15, 0.2) is 0 Å². The van der Waals surface area contributed by atoms with E-state index in [0.29, 0.717) is 0 Å².